The topological polar surface area (TPSA) is 41.1 Å². The van der Waals surface area contributed by atoms with Crippen molar-refractivity contribution in [2.45, 2.75) is 13.0 Å². The van der Waals surface area contributed by atoms with E-state index < -0.39 is 0 Å². The van der Waals surface area contributed by atoms with Gasteiger partial charge >= 0.3 is 0 Å². The van der Waals surface area contributed by atoms with Crippen LogP contribution in [0.25, 0.3) is 0 Å². The zero-order valence-corrected chi connectivity index (χ0v) is 13.6. The van der Waals surface area contributed by atoms with Crippen LogP contribution in [0.4, 0.5) is 5.69 Å². The molecule has 0 aromatic heterocycles. The third kappa shape index (κ3) is 3.28. The lowest BCUT2D eigenvalue weighted by Crippen LogP contribution is -2.23. The van der Waals surface area contributed by atoms with Gasteiger partial charge in [0.15, 0.2) is 0 Å². The van der Waals surface area contributed by atoms with Gasteiger partial charge in [-0.25, -0.2) is 0 Å². The molecule has 0 atom stereocenters. The summed E-state index contributed by atoms with van der Waals surface area (Å²) in [7, 11) is 0. The Morgan fingerprint density at radius 2 is 2.05 bits per heavy atom. The average Bonchev–Trinajstić information content (AvgIpc) is 2.49. The molecule has 3 rings (SSSR count). The maximum Gasteiger partial charge on any atom is 0.257 e. The van der Waals surface area contributed by atoms with E-state index in [1.807, 2.05) is 18.2 Å². The summed E-state index contributed by atoms with van der Waals surface area (Å²) in [5.74, 6) is -0.204. The van der Waals surface area contributed by atoms with Crippen molar-refractivity contribution in [1.82, 2.24) is 5.32 Å². The van der Waals surface area contributed by atoms with Crippen LogP contribution in [0.2, 0.25) is 5.02 Å². The molecule has 2 aromatic carbocycles. The quantitative estimate of drug-likeness (QED) is 0.844. The average molecular weight is 366 g/mol. The largest absolute Gasteiger partial charge is 0.322 e. The van der Waals surface area contributed by atoms with Crippen molar-refractivity contribution in [3.63, 3.8) is 0 Å². The standard InChI is InChI=1S/C16H14BrClN2O/c17-12-2-4-15(18)14(8-12)16(21)20-13-3-1-10-5-6-19-9-11(10)7-13/h1-4,7-8,19H,5-6,9H2,(H,20,21). The van der Waals surface area contributed by atoms with Crippen LogP contribution in [0.5, 0.6) is 0 Å². The van der Waals surface area contributed by atoms with E-state index in [1.54, 1.807) is 12.1 Å². The first-order valence-electron chi connectivity index (χ1n) is 6.72. The van der Waals surface area contributed by atoms with E-state index in [2.05, 4.69) is 32.6 Å². The third-order valence-corrected chi connectivity index (χ3v) is 4.35. The van der Waals surface area contributed by atoms with Gasteiger partial charge in [0.2, 0.25) is 0 Å². The summed E-state index contributed by atoms with van der Waals surface area (Å²) >= 11 is 9.43. The molecule has 0 saturated carbocycles. The number of fused-ring (bicyclic) bond motifs is 1. The number of halogens is 2. The highest BCUT2D eigenvalue weighted by atomic mass is 79.9. The number of hydrogen-bond acceptors (Lipinski definition) is 2. The van der Waals surface area contributed by atoms with E-state index in [1.165, 1.54) is 11.1 Å². The Kier molecular flexibility index (Phi) is 4.29. The molecule has 1 aliphatic rings. The second-order valence-electron chi connectivity index (χ2n) is 4.99. The molecule has 0 aliphatic carbocycles. The number of benzene rings is 2. The number of nitrogens with one attached hydrogen (secondary N) is 2. The lowest BCUT2D eigenvalue weighted by Gasteiger charge is -2.18. The molecule has 1 heterocycles. The Bertz CT molecular complexity index is 703. The predicted molar refractivity (Wildman–Crippen MR) is 89.0 cm³/mol. The molecule has 0 radical (unpaired) electrons. The second kappa shape index (κ2) is 6.18. The van der Waals surface area contributed by atoms with Gasteiger partial charge in [-0.3, -0.25) is 4.79 Å². The maximum absolute atomic E-state index is 12.3. The number of carbonyl (C=O) groups is 1. The fourth-order valence-corrected chi connectivity index (χ4v) is 2.99. The number of rotatable bonds is 2. The molecule has 108 valence electrons. The molecule has 0 unspecified atom stereocenters. The molecule has 0 fully saturated rings. The summed E-state index contributed by atoms with van der Waals surface area (Å²) in [6.45, 7) is 1.85. The van der Waals surface area contributed by atoms with Crippen LogP contribution >= 0.6 is 27.5 Å². The number of hydrogen-bond donors (Lipinski definition) is 2. The summed E-state index contributed by atoms with van der Waals surface area (Å²) in [5, 5.41) is 6.67. The molecule has 0 spiro atoms. The fourth-order valence-electron chi connectivity index (χ4n) is 2.43. The first-order chi connectivity index (χ1) is 10.1. The molecule has 2 N–H and O–H groups in total. The molecule has 21 heavy (non-hydrogen) atoms. The van der Waals surface area contributed by atoms with Crippen molar-refractivity contribution in [3.8, 4) is 0 Å². The lowest BCUT2D eigenvalue weighted by molar-refractivity contribution is 0.102. The summed E-state index contributed by atoms with van der Waals surface area (Å²) in [6.07, 6.45) is 1.03. The highest BCUT2D eigenvalue weighted by Gasteiger charge is 2.13. The van der Waals surface area contributed by atoms with Gasteiger partial charge in [-0.15, -0.1) is 0 Å². The molecular formula is C16H14BrClN2O. The van der Waals surface area contributed by atoms with Gasteiger partial charge in [-0.05, 0) is 54.4 Å². The van der Waals surface area contributed by atoms with E-state index in [0.29, 0.717) is 10.6 Å². The van der Waals surface area contributed by atoms with Gasteiger partial charge < -0.3 is 10.6 Å². The van der Waals surface area contributed by atoms with Gasteiger partial charge in [0, 0.05) is 16.7 Å². The van der Waals surface area contributed by atoms with E-state index in [4.69, 9.17) is 11.6 Å². The lowest BCUT2D eigenvalue weighted by atomic mass is 10.0. The Hall–Kier alpha value is -1.36. The molecule has 5 heteroatoms. The molecule has 1 amide bonds. The van der Waals surface area contributed by atoms with Crippen LogP contribution in [-0.2, 0) is 13.0 Å². The van der Waals surface area contributed by atoms with Crippen LogP contribution < -0.4 is 10.6 Å². The van der Waals surface area contributed by atoms with E-state index >= 15 is 0 Å². The Balaban J connectivity index is 1.83. The summed E-state index contributed by atoms with van der Waals surface area (Å²) < 4.78 is 0.826. The molecule has 1 aliphatic heterocycles. The first-order valence-corrected chi connectivity index (χ1v) is 7.89. The zero-order chi connectivity index (χ0) is 14.8. The van der Waals surface area contributed by atoms with Crippen molar-refractivity contribution in [2.75, 3.05) is 11.9 Å². The van der Waals surface area contributed by atoms with Crippen LogP contribution in [0, 0.1) is 0 Å². The predicted octanol–water partition coefficient (Wildman–Crippen LogP) is 4.00. The Labute approximate surface area is 136 Å². The molecular weight excluding hydrogens is 352 g/mol. The normalized spacial score (nSPS) is 13.6. The van der Waals surface area contributed by atoms with Crippen molar-refractivity contribution in [1.29, 1.82) is 0 Å². The number of amides is 1. The summed E-state index contributed by atoms with van der Waals surface area (Å²) in [4.78, 5) is 12.3. The maximum atomic E-state index is 12.3. The zero-order valence-electron chi connectivity index (χ0n) is 11.2. The minimum atomic E-state index is -0.204. The van der Waals surface area contributed by atoms with Crippen LogP contribution in [0.1, 0.15) is 21.5 Å². The van der Waals surface area contributed by atoms with Gasteiger partial charge in [0.05, 0.1) is 10.6 Å². The van der Waals surface area contributed by atoms with Crippen molar-refractivity contribution in [3.05, 3.63) is 62.6 Å². The SMILES string of the molecule is O=C(Nc1ccc2c(c1)CNCC2)c1cc(Br)ccc1Cl. The van der Waals surface area contributed by atoms with Gasteiger partial charge in [-0.2, -0.15) is 0 Å². The minimum Gasteiger partial charge on any atom is -0.322 e. The van der Waals surface area contributed by atoms with Crippen LogP contribution in [-0.4, -0.2) is 12.5 Å². The molecule has 0 bridgehead atoms. The highest BCUT2D eigenvalue weighted by molar-refractivity contribution is 9.10. The van der Waals surface area contributed by atoms with E-state index in [9.17, 15) is 4.79 Å². The van der Waals surface area contributed by atoms with E-state index in [-0.39, 0.29) is 5.91 Å². The van der Waals surface area contributed by atoms with Crippen molar-refractivity contribution >= 4 is 39.1 Å². The van der Waals surface area contributed by atoms with Gasteiger partial charge in [0.25, 0.3) is 5.91 Å². The highest BCUT2D eigenvalue weighted by Crippen LogP contribution is 2.23. The van der Waals surface area contributed by atoms with Crippen molar-refractivity contribution < 1.29 is 4.79 Å². The first kappa shape index (κ1) is 14.6. The molecule has 2 aromatic rings. The monoisotopic (exact) mass is 364 g/mol. The minimum absolute atomic E-state index is 0.204. The van der Waals surface area contributed by atoms with Crippen molar-refractivity contribution in [2.24, 2.45) is 0 Å². The molecule has 0 saturated heterocycles. The smallest absolute Gasteiger partial charge is 0.257 e. The molecule has 3 nitrogen and oxygen atoms in total. The Morgan fingerprint density at radius 3 is 2.90 bits per heavy atom. The van der Waals surface area contributed by atoms with Crippen LogP contribution in [0.15, 0.2) is 40.9 Å². The number of anilines is 1. The van der Waals surface area contributed by atoms with Gasteiger partial charge in [0.1, 0.15) is 0 Å². The second-order valence-corrected chi connectivity index (χ2v) is 6.31. The summed E-state index contributed by atoms with van der Waals surface area (Å²) in [6, 6.07) is 11.3. The number of carbonyl (C=O) groups excluding carboxylic acids is 1. The third-order valence-electron chi connectivity index (χ3n) is 3.52. The van der Waals surface area contributed by atoms with Gasteiger partial charge in [-0.1, -0.05) is 33.6 Å². The van der Waals surface area contributed by atoms with Crippen LogP contribution in [0.3, 0.4) is 0 Å². The fraction of sp³-hybridized carbons (Fsp3) is 0.188. The summed E-state index contributed by atoms with van der Waals surface area (Å²) in [5.41, 5.74) is 3.83. The van der Waals surface area contributed by atoms with E-state index in [0.717, 1.165) is 29.7 Å². The Morgan fingerprint density at radius 1 is 1.19 bits per heavy atom.